The molecule has 3 N–H and O–H groups in total. The van der Waals surface area contributed by atoms with E-state index in [9.17, 15) is 9.59 Å². The number of rotatable bonds is 6. The first-order valence-electron chi connectivity index (χ1n) is 12.8. The Kier molecular flexibility index (Phi) is 6.01. The van der Waals surface area contributed by atoms with Crippen LogP contribution in [-0.2, 0) is 9.59 Å². The number of carbonyl (C=O) groups excluding carboxylic acids is 2. The molecule has 1 aromatic carbocycles. The third kappa shape index (κ3) is 4.56. The van der Waals surface area contributed by atoms with E-state index in [1.54, 1.807) is 17.3 Å². The predicted octanol–water partition coefficient (Wildman–Crippen LogP) is 3.89. The Hall–Kier alpha value is -3.42. The average Bonchev–Trinajstić information content (AvgIpc) is 3.62. The summed E-state index contributed by atoms with van der Waals surface area (Å²) in [5.74, 6) is 0.656. The molecule has 36 heavy (non-hydrogen) atoms. The highest BCUT2D eigenvalue weighted by Crippen LogP contribution is 2.51. The second kappa shape index (κ2) is 8.91. The molecule has 0 radical (unpaired) electrons. The summed E-state index contributed by atoms with van der Waals surface area (Å²) in [5.41, 5.74) is 7.37. The minimum atomic E-state index is -0.499. The van der Waals surface area contributed by atoms with E-state index in [1.165, 1.54) is 0 Å². The van der Waals surface area contributed by atoms with Crippen molar-refractivity contribution in [3.63, 3.8) is 0 Å². The lowest BCUT2D eigenvalue weighted by Gasteiger charge is -2.39. The number of guanidine groups is 1. The number of benzene rings is 1. The fourth-order valence-corrected chi connectivity index (χ4v) is 5.62. The standard InChI is InChI=1S/C28H35N5O3/c1-5-28(4)15-23(34)33(26(29)32-28)24(17-9-8-12-30-16-17)19-13-20(19)25(35)31-21-14-27(2,3)36-22-11-7-6-10-18(21)22/h6-12,16,19-21,24H,5,13-15H2,1-4H3,(H2,29,32)(H,31,35)/t19-,20-,21-,24+,28+/m0/s1. The van der Waals surface area contributed by atoms with Crippen molar-refractivity contribution in [2.45, 2.75) is 76.6 Å². The molecule has 190 valence electrons. The Morgan fingerprint density at radius 2 is 2.03 bits per heavy atom. The van der Waals surface area contributed by atoms with Crippen LogP contribution in [0, 0.1) is 11.8 Å². The summed E-state index contributed by atoms with van der Waals surface area (Å²) >= 11 is 0. The Bertz CT molecular complexity index is 1200. The van der Waals surface area contributed by atoms with Crippen molar-refractivity contribution in [2.24, 2.45) is 22.6 Å². The number of aliphatic imine (C=N–C) groups is 1. The van der Waals surface area contributed by atoms with E-state index in [2.05, 4.69) is 10.3 Å². The van der Waals surface area contributed by atoms with Gasteiger partial charge in [-0.05, 0) is 57.2 Å². The summed E-state index contributed by atoms with van der Waals surface area (Å²) in [6, 6.07) is 11.1. The van der Waals surface area contributed by atoms with E-state index in [1.807, 2.05) is 64.1 Å². The van der Waals surface area contributed by atoms with Gasteiger partial charge in [0.2, 0.25) is 11.8 Å². The number of ether oxygens (including phenoxy) is 1. The van der Waals surface area contributed by atoms with Crippen LogP contribution < -0.4 is 15.8 Å². The van der Waals surface area contributed by atoms with Gasteiger partial charge in [-0.3, -0.25) is 19.5 Å². The van der Waals surface area contributed by atoms with Crippen molar-refractivity contribution in [3.8, 4) is 5.75 Å². The number of amides is 2. The first-order valence-corrected chi connectivity index (χ1v) is 12.8. The topological polar surface area (TPSA) is 110 Å². The molecule has 8 nitrogen and oxygen atoms in total. The molecule has 3 heterocycles. The number of hydrogen-bond acceptors (Lipinski definition) is 6. The summed E-state index contributed by atoms with van der Waals surface area (Å²) in [6.07, 6.45) is 5.82. The van der Waals surface area contributed by atoms with Gasteiger partial charge < -0.3 is 15.8 Å². The highest BCUT2D eigenvalue weighted by molar-refractivity contribution is 5.99. The van der Waals surface area contributed by atoms with Crippen LogP contribution in [0.3, 0.4) is 0 Å². The predicted molar refractivity (Wildman–Crippen MR) is 137 cm³/mol. The molecule has 2 aromatic rings. The van der Waals surface area contributed by atoms with Gasteiger partial charge in [0.15, 0.2) is 5.96 Å². The highest BCUT2D eigenvalue weighted by Gasteiger charge is 2.53. The molecule has 0 spiro atoms. The lowest BCUT2D eigenvalue weighted by Crippen LogP contribution is -2.52. The lowest BCUT2D eigenvalue weighted by atomic mass is 9.89. The molecule has 3 aliphatic rings. The zero-order chi connectivity index (χ0) is 25.7. The maximum Gasteiger partial charge on any atom is 0.232 e. The Labute approximate surface area is 212 Å². The Balaban J connectivity index is 1.39. The maximum atomic E-state index is 13.5. The second-order valence-electron chi connectivity index (χ2n) is 11.2. The summed E-state index contributed by atoms with van der Waals surface area (Å²) in [6.45, 7) is 8.04. The Morgan fingerprint density at radius 3 is 2.72 bits per heavy atom. The Morgan fingerprint density at radius 1 is 1.25 bits per heavy atom. The third-order valence-electron chi connectivity index (χ3n) is 7.77. The van der Waals surface area contributed by atoms with Crippen molar-refractivity contribution in [2.75, 3.05) is 0 Å². The largest absolute Gasteiger partial charge is 0.487 e. The van der Waals surface area contributed by atoms with E-state index >= 15 is 0 Å². The van der Waals surface area contributed by atoms with Crippen LogP contribution in [0.1, 0.15) is 76.6 Å². The molecule has 1 fully saturated rings. The van der Waals surface area contributed by atoms with Gasteiger partial charge in [-0.15, -0.1) is 0 Å². The van der Waals surface area contributed by atoms with Crippen LogP contribution in [0.25, 0.3) is 0 Å². The highest BCUT2D eigenvalue weighted by atomic mass is 16.5. The number of nitrogens with one attached hydrogen (secondary N) is 1. The molecule has 8 heteroatoms. The van der Waals surface area contributed by atoms with E-state index in [-0.39, 0.29) is 47.3 Å². The normalized spacial score (nSPS) is 29.4. The molecular formula is C28H35N5O3. The minimum absolute atomic E-state index is 0.00948. The molecular weight excluding hydrogens is 454 g/mol. The van der Waals surface area contributed by atoms with Crippen LogP contribution in [0.5, 0.6) is 5.75 Å². The van der Waals surface area contributed by atoms with Crippen molar-refractivity contribution >= 4 is 17.8 Å². The van der Waals surface area contributed by atoms with Crippen LogP contribution in [0.4, 0.5) is 0 Å². The van der Waals surface area contributed by atoms with Crippen LogP contribution in [0.2, 0.25) is 0 Å². The second-order valence-corrected chi connectivity index (χ2v) is 11.2. The lowest BCUT2D eigenvalue weighted by molar-refractivity contribution is -0.132. The molecule has 0 bridgehead atoms. The molecule has 2 aliphatic heterocycles. The number of aromatic nitrogens is 1. The fraction of sp³-hybridized carbons (Fsp3) is 0.500. The van der Waals surface area contributed by atoms with Crippen molar-refractivity contribution in [3.05, 3.63) is 59.9 Å². The van der Waals surface area contributed by atoms with E-state index < -0.39 is 5.54 Å². The molecule has 5 atom stereocenters. The summed E-state index contributed by atoms with van der Waals surface area (Å²) in [7, 11) is 0. The quantitative estimate of drug-likeness (QED) is 0.640. The summed E-state index contributed by atoms with van der Waals surface area (Å²) in [5, 5.41) is 3.28. The minimum Gasteiger partial charge on any atom is -0.487 e. The van der Waals surface area contributed by atoms with Gasteiger partial charge in [-0.1, -0.05) is 31.2 Å². The van der Waals surface area contributed by atoms with E-state index in [0.717, 1.165) is 23.3 Å². The number of carbonyl (C=O) groups is 2. The maximum absolute atomic E-state index is 13.5. The van der Waals surface area contributed by atoms with Crippen LogP contribution >= 0.6 is 0 Å². The number of fused-ring (bicyclic) bond motifs is 1. The van der Waals surface area contributed by atoms with Crippen LogP contribution in [-0.4, -0.2) is 38.8 Å². The summed E-state index contributed by atoms with van der Waals surface area (Å²) in [4.78, 5) is 37.4. The molecule has 0 unspecified atom stereocenters. The number of hydrogen-bond donors (Lipinski definition) is 2. The first kappa shape index (κ1) is 24.3. The number of pyridine rings is 1. The molecule has 1 aromatic heterocycles. The molecule has 0 saturated heterocycles. The SMILES string of the molecule is CC[C@]1(C)CC(=O)N([C@H](c2cccnc2)[C@H]2C[C@@H]2C(=O)N[C@H]2CC(C)(C)Oc3ccccc32)C(N)=N1. The van der Waals surface area contributed by atoms with Crippen molar-refractivity contribution in [1.82, 2.24) is 15.2 Å². The first-order chi connectivity index (χ1) is 17.1. The van der Waals surface area contributed by atoms with Crippen molar-refractivity contribution in [1.29, 1.82) is 0 Å². The van der Waals surface area contributed by atoms with Crippen LogP contribution in [0.15, 0.2) is 53.8 Å². The van der Waals surface area contributed by atoms with E-state index in [0.29, 0.717) is 19.3 Å². The molecule has 1 aliphatic carbocycles. The molecule has 2 amide bonds. The van der Waals surface area contributed by atoms with Gasteiger partial charge in [0.05, 0.1) is 24.0 Å². The fourth-order valence-electron chi connectivity index (χ4n) is 5.62. The van der Waals surface area contributed by atoms with Gasteiger partial charge in [-0.25, -0.2) is 4.99 Å². The number of para-hydroxylation sites is 1. The van der Waals surface area contributed by atoms with E-state index in [4.69, 9.17) is 15.5 Å². The van der Waals surface area contributed by atoms with Gasteiger partial charge in [0.1, 0.15) is 11.4 Å². The third-order valence-corrected chi connectivity index (χ3v) is 7.77. The number of nitrogens with two attached hydrogens (primary N) is 1. The van der Waals surface area contributed by atoms with Gasteiger partial charge >= 0.3 is 0 Å². The number of nitrogens with zero attached hydrogens (tertiary/aromatic N) is 3. The van der Waals surface area contributed by atoms with Gasteiger partial charge in [-0.2, -0.15) is 0 Å². The zero-order valence-electron chi connectivity index (χ0n) is 21.4. The molecule has 5 rings (SSSR count). The van der Waals surface area contributed by atoms with Gasteiger partial charge in [0.25, 0.3) is 0 Å². The average molecular weight is 490 g/mol. The van der Waals surface area contributed by atoms with Crippen molar-refractivity contribution < 1.29 is 14.3 Å². The van der Waals surface area contributed by atoms with Gasteiger partial charge in [0, 0.05) is 30.3 Å². The zero-order valence-corrected chi connectivity index (χ0v) is 21.4. The molecule has 1 saturated carbocycles. The summed E-state index contributed by atoms with van der Waals surface area (Å²) < 4.78 is 6.12. The monoisotopic (exact) mass is 489 g/mol. The smallest absolute Gasteiger partial charge is 0.232 e.